The Kier molecular flexibility index (Phi) is 65.3. The van der Waals surface area contributed by atoms with Gasteiger partial charge in [-0.25, -0.2) is 9.13 Å². The summed E-state index contributed by atoms with van der Waals surface area (Å²) < 4.78 is 68.5. The Morgan fingerprint density at radius 3 is 0.844 bits per heavy atom. The molecule has 0 aliphatic carbocycles. The maximum Gasteiger partial charge on any atom is 0.472 e. The van der Waals surface area contributed by atoms with Gasteiger partial charge in [-0.1, -0.05) is 317 Å². The largest absolute Gasteiger partial charge is 0.472 e. The molecule has 0 spiro atoms. The van der Waals surface area contributed by atoms with Gasteiger partial charge in [0.15, 0.2) is 12.2 Å². The van der Waals surface area contributed by atoms with Crippen LogP contribution in [0.1, 0.15) is 370 Å². The normalized spacial score (nSPS) is 14.2. The summed E-state index contributed by atoms with van der Waals surface area (Å²) in [4.78, 5) is 72.8. The third kappa shape index (κ3) is 70.0. The van der Waals surface area contributed by atoms with Crippen LogP contribution in [-0.4, -0.2) is 96.7 Å². The summed E-state index contributed by atoms with van der Waals surface area (Å²) in [5.74, 6) is 0.0891. The molecule has 2 unspecified atom stereocenters. The predicted molar refractivity (Wildman–Crippen MR) is 390 cm³/mol. The maximum atomic E-state index is 13.1. The minimum Gasteiger partial charge on any atom is -0.462 e. The van der Waals surface area contributed by atoms with E-state index in [2.05, 4.69) is 72.8 Å². The molecular formula is C77H146O17P2. The molecule has 0 radical (unpaired) electrons. The molecule has 3 N–H and O–H groups in total. The van der Waals surface area contributed by atoms with Crippen molar-refractivity contribution >= 4 is 39.5 Å². The fourth-order valence-corrected chi connectivity index (χ4v) is 12.8. The molecule has 0 saturated heterocycles. The summed E-state index contributed by atoms with van der Waals surface area (Å²) in [5, 5.41) is 10.6. The smallest absolute Gasteiger partial charge is 0.462 e. The Morgan fingerprint density at radius 1 is 0.323 bits per heavy atom. The summed E-state index contributed by atoms with van der Waals surface area (Å²) in [7, 11) is -9.92. The van der Waals surface area contributed by atoms with Gasteiger partial charge < -0.3 is 33.8 Å². The summed E-state index contributed by atoms with van der Waals surface area (Å²) in [6, 6.07) is 0. The number of hydrogen-bond acceptors (Lipinski definition) is 15. The number of hydrogen-bond donors (Lipinski definition) is 3. The zero-order valence-electron chi connectivity index (χ0n) is 62.3. The molecule has 0 aromatic heterocycles. The highest BCUT2D eigenvalue weighted by Gasteiger charge is 2.30. The van der Waals surface area contributed by atoms with Gasteiger partial charge in [0.25, 0.3) is 0 Å². The second-order valence-electron chi connectivity index (χ2n) is 28.5. The number of rotatable bonds is 73. The molecule has 0 amide bonds. The van der Waals surface area contributed by atoms with Gasteiger partial charge in [0.05, 0.1) is 26.4 Å². The van der Waals surface area contributed by atoms with E-state index in [9.17, 15) is 43.2 Å². The Labute approximate surface area is 586 Å². The zero-order chi connectivity index (χ0) is 70.9. The zero-order valence-corrected chi connectivity index (χ0v) is 64.1. The fraction of sp³-hybridized carbons (Fsp3) is 0.896. The summed E-state index contributed by atoms with van der Waals surface area (Å²) in [5.41, 5.74) is 0. The van der Waals surface area contributed by atoms with Crippen LogP contribution in [0.2, 0.25) is 0 Å². The Morgan fingerprint density at radius 2 is 0.562 bits per heavy atom. The number of aliphatic hydroxyl groups is 1. The van der Waals surface area contributed by atoms with E-state index in [0.29, 0.717) is 31.6 Å². The lowest BCUT2D eigenvalue weighted by Crippen LogP contribution is -2.30. The Balaban J connectivity index is 5.25. The lowest BCUT2D eigenvalue weighted by Gasteiger charge is -2.21. The molecule has 0 aromatic rings. The molecule has 566 valence electrons. The van der Waals surface area contributed by atoms with Crippen LogP contribution in [0.25, 0.3) is 0 Å². The van der Waals surface area contributed by atoms with E-state index < -0.39 is 97.5 Å². The lowest BCUT2D eigenvalue weighted by atomic mass is 10.0. The summed E-state index contributed by atoms with van der Waals surface area (Å²) >= 11 is 0. The molecular weight excluding hydrogens is 1260 g/mol. The number of allylic oxidation sites excluding steroid dienone is 4. The number of unbranched alkanes of at least 4 members (excludes halogenated alkanes) is 38. The van der Waals surface area contributed by atoms with Gasteiger partial charge >= 0.3 is 39.5 Å². The SMILES string of the molecule is CCCCCC/C=C\C=C/CCCCCCCC(=O)O[C@H](COC(=O)CCCCCCCCCCCCCCCCCCC(C)C)COP(=O)(O)OC[C@@H](O)COP(=O)(O)OC[C@@H](COC(=O)CCCCCCCCC(C)C)OC(=O)CCCCCCCCCCCCC(C)C. The molecule has 0 heterocycles. The molecule has 17 nitrogen and oxygen atoms in total. The van der Waals surface area contributed by atoms with E-state index >= 15 is 0 Å². The first kappa shape index (κ1) is 93.5. The molecule has 0 aliphatic rings. The van der Waals surface area contributed by atoms with Crippen LogP contribution in [0.5, 0.6) is 0 Å². The first-order valence-electron chi connectivity index (χ1n) is 39.2. The molecule has 0 saturated carbocycles. The van der Waals surface area contributed by atoms with Gasteiger partial charge in [0.2, 0.25) is 0 Å². The molecule has 0 aliphatic heterocycles. The van der Waals surface area contributed by atoms with Crippen molar-refractivity contribution in [1.29, 1.82) is 0 Å². The summed E-state index contributed by atoms with van der Waals surface area (Å²) in [6.07, 6.45) is 56.5. The van der Waals surface area contributed by atoms with Crippen LogP contribution in [0, 0.1) is 17.8 Å². The molecule has 96 heavy (non-hydrogen) atoms. The highest BCUT2D eigenvalue weighted by atomic mass is 31.2. The van der Waals surface area contributed by atoms with E-state index in [1.165, 1.54) is 161 Å². The average molecular weight is 1410 g/mol. The first-order chi connectivity index (χ1) is 46.2. The minimum absolute atomic E-state index is 0.0850. The molecule has 0 aromatic carbocycles. The van der Waals surface area contributed by atoms with Crippen molar-refractivity contribution in [2.45, 2.75) is 388 Å². The highest BCUT2D eigenvalue weighted by Crippen LogP contribution is 2.45. The molecule has 5 atom stereocenters. The van der Waals surface area contributed by atoms with Crippen molar-refractivity contribution in [3.8, 4) is 0 Å². The third-order valence-electron chi connectivity index (χ3n) is 17.3. The van der Waals surface area contributed by atoms with E-state index in [-0.39, 0.29) is 25.7 Å². The minimum atomic E-state index is -4.97. The van der Waals surface area contributed by atoms with Crippen molar-refractivity contribution < 1.29 is 80.2 Å². The van der Waals surface area contributed by atoms with Crippen LogP contribution in [0.4, 0.5) is 0 Å². The lowest BCUT2D eigenvalue weighted by molar-refractivity contribution is -0.161. The van der Waals surface area contributed by atoms with Crippen LogP contribution in [0.15, 0.2) is 24.3 Å². The van der Waals surface area contributed by atoms with Gasteiger partial charge in [-0.2, -0.15) is 0 Å². The molecule has 0 bridgehead atoms. The molecule has 0 rings (SSSR count). The highest BCUT2D eigenvalue weighted by molar-refractivity contribution is 7.47. The molecule has 19 heteroatoms. The van der Waals surface area contributed by atoms with Crippen LogP contribution >= 0.6 is 15.6 Å². The number of carbonyl (C=O) groups excluding carboxylic acids is 4. The van der Waals surface area contributed by atoms with E-state index in [0.717, 1.165) is 121 Å². The maximum absolute atomic E-state index is 13.1. The first-order valence-corrected chi connectivity index (χ1v) is 42.2. The fourth-order valence-electron chi connectivity index (χ4n) is 11.2. The van der Waals surface area contributed by atoms with Crippen LogP contribution in [0.3, 0.4) is 0 Å². The van der Waals surface area contributed by atoms with Gasteiger partial charge in [-0.15, -0.1) is 0 Å². The topological polar surface area (TPSA) is 237 Å². The Hall–Kier alpha value is -2.46. The van der Waals surface area contributed by atoms with E-state index in [1.54, 1.807) is 0 Å². The van der Waals surface area contributed by atoms with Gasteiger partial charge in [-0.3, -0.25) is 37.3 Å². The number of carbonyl (C=O) groups is 4. The van der Waals surface area contributed by atoms with Crippen LogP contribution < -0.4 is 0 Å². The van der Waals surface area contributed by atoms with Gasteiger partial charge in [0.1, 0.15) is 19.3 Å². The third-order valence-corrected chi connectivity index (χ3v) is 19.2. The number of esters is 4. The van der Waals surface area contributed by atoms with Crippen LogP contribution in [-0.2, 0) is 65.4 Å². The van der Waals surface area contributed by atoms with Gasteiger partial charge in [-0.05, 0) is 69.1 Å². The van der Waals surface area contributed by atoms with Crippen molar-refractivity contribution in [3.63, 3.8) is 0 Å². The second kappa shape index (κ2) is 67.1. The van der Waals surface area contributed by atoms with Crippen molar-refractivity contribution in [3.05, 3.63) is 24.3 Å². The quantitative estimate of drug-likeness (QED) is 0.0169. The molecule has 0 fully saturated rings. The number of phosphoric acid groups is 2. The number of phosphoric ester groups is 2. The Bertz CT molecular complexity index is 1960. The van der Waals surface area contributed by atoms with Gasteiger partial charge in [0, 0.05) is 25.7 Å². The summed E-state index contributed by atoms with van der Waals surface area (Å²) in [6.45, 7) is 11.8. The number of ether oxygens (including phenoxy) is 4. The standard InChI is InChI=1S/C77H146O17P2/c1-8-9-10-11-12-13-14-15-18-23-26-32-37-46-53-60-76(81)93-72(64-87-74(79)58-51-44-36-31-25-22-20-17-16-19-21-24-29-34-41-48-55-68(2)3)66-91-95(83,84)89-62-71(78)63-90-96(85,86)92-67-73(65-88-75(80)59-52-45-40-39-43-50-57-70(6)7)94-77(82)61-54-47-38-33-28-27-30-35-42-49-56-69(4)5/h13-15,18,68-73,78H,8-12,16-17,19-67H2,1-7H3,(H,83,84)(H,85,86)/b14-13-,18-15-/t71-,72-,73-/m1/s1. The van der Waals surface area contributed by atoms with Crippen molar-refractivity contribution in [1.82, 2.24) is 0 Å². The van der Waals surface area contributed by atoms with E-state index in [1.807, 2.05) is 0 Å². The second-order valence-corrected chi connectivity index (χ2v) is 31.4. The average Bonchev–Trinajstić information content (AvgIpc) is 3.73. The van der Waals surface area contributed by atoms with E-state index in [4.69, 9.17) is 37.0 Å². The predicted octanol–water partition coefficient (Wildman–Crippen LogP) is 22.1. The van der Waals surface area contributed by atoms with Crippen molar-refractivity contribution in [2.24, 2.45) is 17.8 Å². The van der Waals surface area contributed by atoms with Crippen molar-refractivity contribution in [2.75, 3.05) is 39.6 Å². The number of aliphatic hydroxyl groups excluding tert-OH is 1. The monoisotopic (exact) mass is 1410 g/mol.